The highest BCUT2D eigenvalue weighted by Crippen LogP contribution is 2.24. The summed E-state index contributed by atoms with van der Waals surface area (Å²) in [7, 11) is 1.57. The molecule has 0 saturated heterocycles. The summed E-state index contributed by atoms with van der Waals surface area (Å²) in [6.07, 6.45) is -0.746. The van der Waals surface area contributed by atoms with Crippen molar-refractivity contribution in [3.8, 4) is 5.75 Å². The van der Waals surface area contributed by atoms with E-state index in [0.29, 0.717) is 22.0 Å². The molecule has 3 nitrogen and oxygen atoms in total. The first-order chi connectivity index (χ1) is 9.60. The van der Waals surface area contributed by atoms with Crippen LogP contribution < -0.4 is 10.1 Å². The molecule has 0 amide bonds. The Hall–Kier alpha value is -1.78. The zero-order valence-electron chi connectivity index (χ0n) is 10.9. The molecule has 0 radical (unpaired) electrons. The van der Waals surface area contributed by atoms with Gasteiger partial charge in [-0.25, -0.2) is 4.39 Å². The maximum Gasteiger partial charge on any atom is 0.125 e. The van der Waals surface area contributed by atoms with Gasteiger partial charge in [0.2, 0.25) is 0 Å². The monoisotopic (exact) mass is 295 g/mol. The van der Waals surface area contributed by atoms with Crippen LogP contribution in [0.25, 0.3) is 0 Å². The third-order valence-corrected chi connectivity index (χ3v) is 3.22. The lowest BCUT2D eigenvalue weighted by molar-refractivity contribution is 0.191. The van der Waals surface area contributed by atoms with E-state index in [9.17, 15) is 9.50 Å². The maximum absolute atomic E-state index is 13.1. The quantitative estimate of drug-likeness (QED) is 0.885. The molecule has 0 heterocycles. The number of rotatable bonds is 5. The minimum Gasteiger partial charge on any atom is -0.497 e. The highest BCUT2D eigenvalue weighted by atomic mass is 35.5. The van der Waals surface area contributed by atoms with Crippen LogP contribution in [0.15, 0.2) is 42.5 Å². The number of nitrogens with one attached hydrogen (secondary N) is 1. The predicted molar refractivity (Wildman–Crippen MR) is 77.9 cm³/mol. The molecule has 0 saturated carbocycles. The molecule has 0 bridgehead atoms. The van der Waals surface area contributed by atoms with Crippen molar-refractivity contribution in [3.05, 3.63) is 58.9 Å². The van der Waals surface area contributed by atoms with Gasteiger partial charge < -0.3 is 15.2 Å². The van der Waals surface area contributed by atoms with Crippen LogP contribution in [0.4, 0.5) is 10.1 Å². The normalized spacial score (nSPS) is 12.0. The van der Waals surface area contributed by atoms with Gasteiger partial charge in [0.25, 0.3) is 0 Å². The number of halogens is 2. The largest absolute Gasteiger partial charge is 0.497 e. The van der Waals surface area contributed by atoms with Gasteiger partial charge in [-0.3, -0.25) is 0 Å². The van der Waals surface area contributed by atoms with Crippen LogP contribution in [0.3, 0.4) is 0 Å². The van der Waals surface area contributed by atoms with Gasteiger partial charge in [0.05, 0.1) is 23.9 Å². The number of hydrogen-bond donors (Lipinski definition) is 2. The Balaban J connectivity index is 2.04. The maximum atomic E-state index is 13.1. The molecule has 0 fully saturated rings. The average Bonchev–Trinajstić information content (AvgIpc) is 2.48. The molecule has 5 heteroatoms. The second-order valence-corrected chi connectivity index (χ2v) is 4.70. The summed E-state index contributed by atoms with van der Waals surface area (Å²) < 4.78 is 18.2. The van der Waals surface area contributed by atoms with Gasteiger partial charge in [-0.2, -0.15) is 0 Å². The van der Waals surface area contributed by atoms with Crippen molar-refractivity contribution in [3.63, 3.8) is 0 Å². The fraction of sp³-hybridized carbons (Fsp3) is 0.200. The van der Waals surface area contributed by atoms with E-state index in [1.807, 2.05) is 0 Å². The molecule has 0 spiro atoms. The second-order valence-electron chi connectivity index (χ2n) is 4.30. The highest BCUT2D eigenvalue weighted by molar-refractivity contribution is 6.33. The third kappa shape index (κ3) is 3.62. The predicted octanol–water partition coefficient (Wildman–Crippen LogP) is 3.63. The number of aliphatic hydroxyl groups is 1. The Kier molecular flexibility index (Phi) is 4.82. The third-order valence-electron chi connectivity index (χ3n) is 2.89. The number of aliphatic hydroxyl groups excluding tert-OH is 1. The zero-order chi connectivity index (χ0) is 14.5. The van der Waals surface area contributed by atoms with Crippen molar-refractivity contribution in [1.82, 2.24) is 0 Å². The van der Waals surface area contributed by atoms with Gasteiger partial charge in [-0.15, -0.1) is 0 Å². The molecule has 2 N–H and O–H groups in total. The molecular formula is C15H15ClFNO2. The lowest BCUT2D eigenvalue weighted by Crippen LogP contribution is -2.12. The number of anilines is 1. The van der Waals surface area contributed by atoms with Crippen LogP contribution in [-0.2, 0) is 0 Å². The first kappa shape index (κ1) is 14.6. The van der Waals surface area contributed by atoms with Gasteiger partial charge >= 0.3 is 0 Å². The van der Waals surface area contributed by atoms with Gasteiger partial charge in [0.1, 0.15) is 11.6 Å². The summed E-state index contributed by atoms with van der Waals surface area (Å²) in [5, 5.41) is 13.4. The SMILES string of the molecule is COc1cccc(C(O)CNc2cc(F)ccc2Cl)c1. The lowest BCUT2D eigenvalue weighted by atomic mass is 10.1. The number of hydrogen-bond acceptors (Lipinski definition) is 3. The van der Waals surface area contributed by atoms with Crippen LogP contribution in [0.5, 0.6) is 5.75 Å². The van der Waals surface area contributed by atoms with Gasteiger partial charge in [0, 0.05) is 6.54 Å². The minimum atomic E-state index is -0.746. The molecule has 2 rings (SSSR count). The summed E-state index contributed by atoms with van der Waals surface area (Å²) in [5.74, 6) is 0.290. The van der Waals surface area contributed by atoms with Gasteiger partial charge in [0.15, 0.2) is 0 Å². The summed E-state index contributed by atoms with van der Waals surface area (Å²) in [5.41, 5.74) is 1.16. The van der Waals surface area contributed by atoms with E-state index in [0.717, 1.165) is 0 Å². The fourth-order valence-electron chi connectivity index (χ4n) is 1.81. The van der Waals surface area contributed by atoms with Crippen LogP contribution in [0.2, 0.25) is 5.02 Å². The van der Waals surface area contributed by atoms with E-state index in [1.165, 1.54) is 18.2 Å². The molecular weight excluding hydrogens is 281 g/mol. The van der Waals surface area contributed by atoms with Crippen LogP contribution in [0.1, 0.15) is 11.7 Å². The van der Waals surface area contributed by atoms with Crippen LogP contribution in [-0.4, -0.2) is 18.8 Å². The molecule has 1 unspecified atom stereocenters. The average molecular weight is 296 g/mol. The van der Waals surface area contributed by atoms with Crippen molar-refractivity contribution in [2.24, 2.45) is 0 Å². The van der Waals surface area contributed by atoms with Crippen molar-refractivity contribution in [2.45, 2.75) is 6.10 Å². The molecule has 0 aliphatic rings. The Labute approximate surface area is 122 Å². The number of methoxy groups -OCH3 is 1. The van der Waals surface area contributed by atoms with E-state index in [4.69, 9.17) is 16.3 Å². The Morgan fingerprint density at radius 1 is 1.30 bits per heavy atom. The van der Waals surface area contributed by atoms with E-state index < -0.39 is 6.10 Å². The van der Waals surface area contributed by atoms with Gasteiger partial charge in [-0.05, 0) is 35.9 Å². The van der Waals surface area contributed by atoms with E-state index in [2.05, 4.69) is 5.32 Å². The fourth-order valence-corrected chi connectivity index (χ4v) is 1.99. The molecule has 2 aromatic carbocycles. The Bertz CT molecular complexity index is 592. The standard InChI is InChI=1S/C15H15ClFNO2/c1-20-12-4-2-3-10(7-12)15(19)9-18-14-8-11(17)5-6-13(14)16/h2-8,15,18-19H,9H2,1H3. The molecule has 0 aromatic heterocycles. The van der Waals surface area contributed by atoms with E-state index >= 15 is 0 Å². The summed E-state index contributed by atoms with van der Waals surface area (Å²) >= 11 is 5.94. The molecule has 0 aliphatic heterocycles. The number of benzene rings is 2. The van der Waals surface area contributed by atoms with Crippen LogP contribution >= 0.6 is 11.6 Å². The first-order valence-corrected chi connectivity index (χ1v) is 6.49. The van der Waals surface area contributed by atoms with Crippen LogP contribution in [0, 0.1) is 5.82 Å². The van der Waals surface area contributed by atoms with E-state index in [1.54, 1.807) is 31.4 Å². The lowest BCUT2D eigenvalue weighted by Gasteiger charge is -2.15. The Morgan fingerprint density at radius 2 is 2.10 bits per heavy atom. The van der Waals surface area contributed by atoms with Crippen molar-refractivity contribution in [2.75, 3.05) is 19.0 Å². The minimum absolute atomic E-state index is 0.219. The molecule has 106 valence electrons. The van der Waals surface area contributed by atoms with Crippen molar-refractivity contribution < 1.29 is 14.2 Å². The van der Waals surface area contributed by atoms with Crippen molar-refractivity contribution in [1.29, 1.82) is 0 Å². The van der Waals surface area contributed by atoms with E-state index in [-0.39, 0.29) is 12.4 Å². The van der Waals surface area contributed by atoms with Crippen molar-refractivity contribution >= 4 is 17.3 Å². The summed E-state index contributed by atoms with van der Waals surface area (Å²) in [4.78, 5) is 0. The molecule has 2 aromatic rings. The highest BCUT2D eigenvalue weighted by Gasteiger charge is 2.09. The summed E-state index contributed by atoms with van der Waals surface area (Å²) in [6.45, 7) is 0.219. The summed E-state index contributed by atoms with van der Waals surface area (Å²) in [6, 6.07) is 11.2. The Morgan fingerprint density at radius 3 is 2.85 bits per heavy atom. The van der Waals surface area contributed by atoms with Gasteiger partial charge in [-0.1, -0.05) is 23.7 Å². The topological polar surface area (TPSA) is 41.5 Å². The molecule has 0 aliphatic carbocycles. The first-order valence-electron chi connectivity index (χ1n) is 6.11. The second kappa shape index (κ2) is 6.59. The molecule has 20 heavy (non-hydrogen) atoms. The zero-order valence-corrected chi connectivity index (χ0v) is 11.7. The molecule has 1 atom stereocenters. The smallest absolute Gasteiger partial charge is 0.125 e. The number of ether oxygens (including phenoxy) is 1.